The first kappa shape index (κ1) is 11.0. The lowest BCUT2D eigenvalue weighted by atomic mass is 9.90. The van der Waals surface area contributed by atoms with Crippen LogP contribution in [0.4, 0.5) is 0 Å². The van der Waals surface area contributed by atoms with E-state index in [2.05, 4.69) is 51.3 Å². The molecule has 0 amide bonds. The number of thioether (sulfide) groups is 1. The van der Waals surface area contributed by atoms with Crippen molar-refractivity contribution in [1.82, 2.24) is 5.32 Å². The Labute approximate surface area is 96.7 Å². The van der Waals surface area contributed by atoms with Gasteiger partial charge in [-0.3, -0.25) is 0 Å². The van der Waals surface area contributed by atoms with Gasteiger partial charge in [-0.05, 0) is 38.9 Å². The number of rotatable bonds is 1. The summed E-state index contributed by atoms with van der Waals surface area (Å²) in [7, 11) is 2.06. The number of hydrogen-bond donors (Lipinski definition) is 1. The molecule has 0 saturated heterocycles. The van der Waals surface area contributed by atoms with Crippen molar-refractivity contribution in [3.63, 3.8) is 0 Å². The number of nitrogens with one attached hydrogen (secondary N) is 1. The largest absolute Gasteiger partial charge is 0.312 e. The predicted molar refractivity (Wildman–Crippen MR) is 68.4 cm³/mol. The van der Waals surface area contributed by atoms with Gasteiger partial charge in [-0.1, -0.05) is 23.8 Å². The van der Waals surface area contributed by atoms with Crippen LogP contribution < -0.4 is 5.32 Å². The Morgan fingerprint density at radius 1 is 1.40 bits per heavy atom. The van der Waals surface area contributed by atoms with E-state index < -0.39 is 0 Å². The first-order valence-electron chi connectivity index (χ1n) is 5.45. The highest BCUT2D eigenvalue weighted by atomic mass is 32.2. The monoisotopic (exact) mass is 221 g/mol. The molecular weight excluding hydrogens is 202 g/mol. The maximum Gasteiger partial charge on any atom is 0.0464 e. The molecule has 1 N–H and O–H groups in total. The van der Waals surface area contributed by atoms with Crippen molar-refractivity contribution in [2.24, 2.45) is 0 Å². The molecule has 0 aliphatic carbocycles. The van der Waals surface area contributed by atoms with Gasteiger partial charge in [0.05, 0.1) is 0 Å². The standard InChI is InChI=1S/C13H19NS/c1-9-5-6-10-8-15-13(2,3)12(14-4)11(10)7-9/h5-7,12,14H,8H2,1-4H3. The zero-order chi connectivity index (χ0) is 11.1. The van der Waals surface area contributed by atoms with Gasteiger partial charge in [0.15, 0.2) is 0 Å². The number of benzene rings is 1. The van der Waals surface area contributed by atoms with Crippen LogP contribution in [-0.2, 0) is 5.75 Å². The topological polar surface area (TPSA) is 12.0 Å². The molecule has 82 valence electrons. The molecule has 0 radical (unpaired) electrons. The van der Waals surface area contributed by atoms with Gasteiger partial charge in [0, 0.05) is 16.5 Å². The van der Waals surface area contributed by atoms with E-state index in [-0.39, 0.29) is 4.75 Å². The molecule has 2 rings (SSSR count). The van der Waals surface area contributed by atoms with E-state index in [1.807, 2.05) is 11.8 Å². The lowest BCUT2D eigenvalue weighted by Gasteiger charge is -2.39. The first-order valence-corrected chi connectivity index (χ1v) is 6.44. The molecule has 1 nitrogen and oxygen atoms in total. The van der Waals surface area contributed by atoms with Crippen LogP contribution in [0.25, 0.3) is 0 Å². The molecule has 0 fully saturated rings. The fraction of sp³-hybridized carbons (Fsp3) is 0.538. The fourth-order valence-corrected chi connectivity index (χ4v) is 3.54. The predicted octanol–water partition coefficient (Wildman–Crippen LogP) is 3.28. The molecule has 1 heterocycles. The van der Waals surface area contributed by atoms with Gasteiger partial charge in [-0.2, -0.15) is 0 Å². The van der Waals surface area contributed by atoms with Crippen molar-refractivity contribution in [3.05, 3.63) is 34.9 Å². The Morgan fingerprint density at radius 3 is 2.80 bits per heavy atom. The Balaban J connectivity index is 2.49. The van der Waals surface area contributed by atoms with Gasteiger partial charge in [-0.25, -0.2) is 0 Å². The molecule has 0 bridgehead atoms. The number of aryl methyl sites for hydroxylation is 1. The maximum atomic E-state index is 3.46. The third kappa shape index (κ3) is 1.93. The summed E-state index contributed by atoms with van der Waals surface area (Å²) in [6, 6.07) is 7.28. The summed E-state index contributed by atoms with van der Waals surface area (Å²) in [6.07, 6.45) is 0. The summed E-state index contributed by atoms with van der Waals surface area (Å²) in [4.78, 5) is 0. The summed E-state index contributed by atoms with van der Waals surface area (Å²) in [5, 5.41) is 3.46. The Kier molecular flexibility index (Phi) is 2.82. The van der Waals surface area contributed by atoms with Crippen LogP contribution in [0.2, 0.25) is 0 Å². The molecule has 1 aromatic carbocycles. The molecule has 0 aromatic heterocycles. The normalized spacial score (nSPS) is 23.6. The minimum absolute atomic E-state index is 0.287. The second-order valence-electron chi connectivity index (χ2n) is 4.82. The average molecular weight is 221 g/mol. The van der Waals surface area contributed by atoms with Crippen LogP contribution in [0.15, 0.2) is 18.2 Å². The van der Waals surface area contributed by atoms with Crippen LogP contribution in [-0.4, -0.2) is 11.8 Å². The third-order valence-corrected chi connectivity index (χ3v) is 4.63. The van der Waals surface area contributed by atoms with E-state index in [0.29, 0.717) is 6.04 Å². The van der Waals surface area contributed by atoms with Gasteiger partial charge >= 0.3 is 0 Å². The van der Waals surface area contributed by atoms with Crippen molar-refractivity contribution < 1.29 is 0 Å². The number of fused-ring (bicyclic) bond motifs is 1. The summed E-state index contributed by atoms with van der Waals surface area (Å²) >= 11 is 2.04. The SMILES string of the molecule is CNC1c2cc(C)ccc2CSC1(C)C. The fourth-order valence-electron chi connectivity index (χ4n) is 2.34. The highest BCUT2D eigenvalue weighted by Gasteiger charge is 2.35. The van der Waals surface area contributed by atoms with Gasteiger partial charge in [0.25, 0.3) is 0 Å². The van der Waals surface area contributed by atoms with Gasteiger partial charge in [0.1, 0.15) is 0 Å². The molecular formula is C13H19NS. The molecule has 1 aliphatic heterocycles. The highest BCUT2D eigenvalue weighted by Crippen LogP contribution is 2.45. The summed E-state index contributed by atoms with van der Waals surface area (Å²) in [5.74, 6) is 1.14. The van der Waals surface area contributed by atoms with Crippen LogP contribution in [0.3, 0.4) is 0 Å². The van der Waals surface area contributed by atoms with Crippen molar-refractivity contribution >= 4 is 11.8 Å². The van der Waals surface area contributed by atoms with Crippen molar-refractivity contribution in [3.8, 4) is 0 Å². The van der Waals surface area contributed by atoms with E-state index in [9.17, 15) is 0 Å². The van der Waals surface area contributed by atoms with Gasteiger partial charge < -0.3 is 5.32 Å². The lowest BCUT2D eigenvalue weighted by Crippen LogP contribution is -2.38. The molecule has 1 atom stereocenters. The molecule has 0 spiro atoms. The van der Waals surface area contributed by atoms with Crippen molar-refractivity contribution in [1.29, 1.82) is 0 Å². The maximum absolute atomic E-state index is 3.46. The van der Waals surface area contributed by atoms with Gasteiger partial charge in [-0.15, -0.1) is 11.8 Å². The average Bonchev–Trinajstić information content (AvgIpc) is 2.16. The first-order chi connectivity index (χ1) is 7.04. The van der Waals surface area contributed by atoms with Crippen LogP contribution in [0, 0.1) is 6.92 Å². The van der Waals surface area contributed by atoms with E-state index in [1.165, 1.54) is 16.7 Å². The minimum atomic E-state index is 0.287. The quantitative estimate of drug-likeness (QED) is 0.781. The van der Waals surface area contributed by atoms with Crippen LogP contribution in [0.5, 0.6) is 0 Å². The second kappa shape index (κ2) is 3.84. The van der Waals surface area contributed by atoms with Crippen molar-refractivity contribution in [2.45, 2.75) is 37.3 Å². The highest BCUT2D eigenvalue weighted by molar-refractivity contribution is 8.00. The summed E-state index contributed by atoms with van der Waals surface area (Å²) < 4.78 is 0.287. The smallest absolute Gasteiger partial charge is 0.0464 e. The lowest BCUT2D eigenvalue weighted by molar-refractivity contribution is 0.474. The zero-order valence-corrected chi connectivity index (χ0v) is 10.7. The third-order valence-electron chi connectivity index (χ3n) is 3.20. The van der Waals surface area contributed by atoms with Crippen LogP contribution >= 0.6 is 11.8 Å². The molecule has 2 heteroatoms. The number of hydrogen-bond acceptors (Lipinski definition) is 2. The molecule has 0 saturated carbocycles. The van der Waals surface area contributed by atoms with E-state index in [1.54, 1.807) is 0 Å². The second-order valence-corrected chi connectivity index (χ2v) is 6.45. The minimum Gasteiger partial charge on any atom is -0.312 e. The van der Waals surface area contributed by atoms with E-state index >= 15 is 0 Å². The van der Waals surface area contributed by atoms with E-state index in [4.69, 9.17) is 0 Å². The molecule has 1 aromatic rings. The Hall–Kier alpha value is -0.470. The van der Waals surface area contributed by atoms with Crippen LogP contribution in [0.1, 0.15) is 36.6 Å². The van der Waals surface area contributed by atoms with Crippen molar-refractivity contribution in [2.75, 3.05) is 7.05 Å². The molecule has 1 aliphatic rings. The summed E-state index contributed by atoms with van der Waals surface area (Å²) in [5.41, 5.74) is 4.34. The Morgan fingerprint density at radius 2 is 2.13 bits per heavy atom. The summed E-state index contributed by atoms with van der Waals surface area (Å²) in [6.45, 7) is 6.82. The Bertz CT molecular complexity index is 371. The molecule has 1 unspecified atom stereocenters. The zero-order valence-electron chi connectivity index (χ0n) is 9.92. The molecule has 15 heavy (non-hydrogen) atoms. The van der Waals surface area contributed by atoms with E-state index in [0.717, 1.165) is 5.75 Å². The van der Waals surface area contributed by atoms with Gasteiger partial charge in [0.2, 0.25) is 0 Å².